The van der Waals surface area contributed by atoms with Gasteiger partial charge in [0.05, 0.1) is 29.4 Å². The van der Waals surface area contributed by atoms with Crippen LogP contribution in [-0.4, -0.2) is 68.1 Å². The second kappa shape index (κ2) is 9.05. The molecule has 4 aromatic rings. The van der Waals surface area contributed by atoms with Crippen LogP contribution in [0.5, 0.6) is 0 Å². The zero-order valence-electron chi connectivity index (χ0n) is 20.2. The maximum atomic E-state index is 9.90. The van der Waals surface area contributed by atoms with Crippen LogP contribution in [-0.2, 0) is 4.74 Å². The molecule has 0 aliphatic carbocycles. The summed E-state index contributed by atoms with van der Waals surface area (Å²) >= 11 is 0. The summed E-state index contributed by atoms with van der Waals surface area (Å²) in [4.78, 5) is 16.9. The fraction of sp³-hybridized carbons (Fsp3) is 0.462. The fourth-order valence-corrected chi connectivity index (χ4v) is 5.20. The molecule has 0 amide bonds. The van der Waals surface area contributed by atoms with E-state index >= 15 is 0 Å². The summed E-state index contributed by atoms with van der Waals surface area (Å²) in [6, 6.07) is 10.6. The SMILES string of the molecule is Cc1ccc2nc(C)c(-c3cc4nc(N5CCCC5CO)cc(NC5CCOCC5)n4n3)nc2c1. The lowest BCUT2D eigenvalue weighted by atomic mass is 10.1. The maximum Gasteiger partial charge on any atom is 0.160 e. The average molecular weight is 474 g/mol. The van der Waals surface area contributed by atoms with Crippen LogP contribution in [0, 0.1) is 13.8 Å². The van der Waals surface area contributed by atoms with Gasteiger partial charge in [-0.25, -0.2) is 15.0 Å². The van der Waals surface area contributed by atoms with Gasteiger partial charge in [-0.3, -0.25) is 0 Å². The van der Waals surface area contributed by atoms with Gasteiger partial charge in [0.1, 0.15) is 23.0 Å². The molecule has 2 saturated heterocycles. The minimum Gasteiger partial charge on any atom is -0.394 e. The second-order valence-corrected chi connectivity index (χ2v) is 9.65. The third-order valence-electron chi connectivity index (χ3n) is 7.11. The lowest BCUT2D eigenvalue weighted by Crippen LogP contribution is -2.33. The molecule has 3 aromatic heterocycles. The number of ether oxygens (including phenoxy) is 1. The Kier molecular flexibility index (Phi) is 5.74. The molecule has 1 unspecified atom stereocenters. The van der Waals surface area contributed by atoms with Gasteiger partial charge < -0.3 is 20.1 Å². The zero-order valence-corrected chi connectivity index (χ0v) is 20.2. The van der Waals surface area contributed by atoms with E-state index in [0.717, 1.165) is 96.4 Å². The van der Waals surface area contributed by atoms with Crippen molar-refractivity contribution in [2.24, 2.45) is 0 Å². The molecule has 0 bridgehead atoms. The Morgan fingerprint density at radius 1 is 1.03 bits per heavy atom. The summed E-state index contributed by atoms with van der Waals surface area (Å²) in [7, 11) is 0. The third-order valence-corrected chi connectivity index (χ3v) is 7.11. The highest BCUT2D eigenvalue weighted by atomic mass is 16.5. The Hall–Kier alpha value is -3.30. The van der Waals surface area contributed by atoms with Crippen molar-refractivity contribution in [3.05, 3.63) is 41.6 Å². The Morgan fingerprint density at radius 3 is 2.71 bits per heavy atom. The van der Waals surface area contributed by atoms with Crippen molar-refractivity contribution in [1.29, 1.82) is 0 Å². The highest BCUT2D eigenvalue weighted by Gasteiger charge is 2.27. The molecule has 0 radical (unpaired) electrons. The molecular weight excluding hydrogens is 442 g/mol. The monoisotopic (exact) mass is 473 g/mol. The number of benzene rings is 1. The summed E-state index contributed by atoms with van der Waals surface area (Å²) in [5.41, 5.74) is 5.99. The summed E-state index contributed by atoms with van der Waals surface area (Å²) < 4.78 is 7.43. The van der Waals surface area contributed by atoms with Crippen molar-refractivity contribution in [2.45, 2.75) is 51.6 Å². The lowest BCUT2D eigenvalue weighted by Gasteiger charge is -2.27. The van der Waals surface area contributed by atoms with E-state index in [1.54, 1.807) is 0 Å². The van der Waals surface area contributed by atoms with Crippen LogP contribution in [0.25, 0.3) is 28.1 Å². The van der Waals surface area contributed by atoms with Gasteiger partial charge in [-0.2, -0.15) is 9.61 Å². The first-order valence-electron chi connectivity index (χ1n) is 12.5. The zero-order chi connectivity index (χ0) is 23.9. The van der Waals surface area contributed by atoms with Gasteiger partial charge in [-0.1, -0.05) is 6.07 Å². The van der Waals surface area contributed by atoms with Crippen LogP contribution >= 0.6 is 0 Å². The molecule has 1 aromatic carbocycles. The Bertz CT molecular complexity index is 1380. The van der Waals surface area contributed by atoms with Gasteiger partial charge in [0, 0.05) is 37.9 Å². The number of anilines is 2. The molecule has 2 aliphatic rings. The van der Waals surface area contributed by atoms with E-state index < -0.39 is 0 Å². The molecule has 0 spiro atoms. The third kappa shape index (κ3) is 4.19. The molecule has 182 valence electrons. The average Bonchev–Trinajstić information content (AvgIpc) is 3.51. The van der Waals surface area contributed by atoms with Gasteiger partial charge in [0.15, 0.2) is 5.65 Å². The first kappa shape index (κ1) is 22.2. The number of nitrogens with zero attached hydrogens (tertiary/aromatic N) is 6. The van der Waals surface area contributed by atoms with Crippen LogP contribution in [0.4, 0.5) is 11.6 Å². The topological polar surface area (TPSA) is 101 Å². The standard InChI is InChI=1S/C26H31N7O2/c1-16-5-6-20-21(12-16)29-26(17(2)27-20)22-13-24-30-23(32-9-3-4-19(32)15-34)14-25(33(24)31-22)28-18-7-10-35-11-8-18/h5-6,12-14,18-19,28,34H,3-4,7-11,15H2,1-2H3. The summed E-state index contributed by atoms with van der Waals surface area (Å²) in [5.74, 6) is 1.76. The Labute approximate surface area is 204 Å². The van der Waals surface area contributed by atoms with Crippen LogP contribution < -0.4 is 10.2 Å². The van der Waals surface area contributed by atoms with Gasteiger partial charge >= 0.3 is 0 Å². The molecule has 5 heterocycles. The predicted octanol–water partition coefficient (Wildman–Crippen LogP) is 3.51. The quantitative estimate of drug-likeness (QED) is 0.454. The van der Waals surface area contributed by atoms with Gasteiger partial charge in [0.25, 0.3) is 0 Å². The lowest BCUT2D eigenvalue weighted by molar-refractivity contribution is 0.0903. The van der Waals surface area contributed by atoms with Gasteiger partial charge in [-0.05, 0) is 57.2 Å². The molecule has 35 heavy (non-hydrogen) atoms. The van der Waals surface area contributed by atoms with Crippen molar-refractivity contribution in [3.63, 3.8) is 0 Å². The summed E-state index contributed by atoms with van der Waals surface area (Å²) in [5, 5.41) is 18.5. The summed E-state index contributed by atoms with van der Waals surface area (Å²) in [6.07, 6.45) is 3.92. The second-order valence-electron chi connectivity index (χ2n) is 9.65. The van der Waals surface area contributed by atoms with E-state index in [1.165, 1.54) is 0 Å². The number of rotatable bonds is 5. The van der Waals surface area contributed by atoms with E-state index in [-0.39, 0.29) is 12.6 Å². The molecule has 2 aliphatic heterocycles. The molecule has 9 heteroatoms. The van der Waals surface area contributed by atoms with Crippen LogP contribution in [0.15, 0.2) is 30.3 Å². The number of fused-ring (bicyclic) bond motifs is 2. The molecule has 2 N–H and O–H groups in total. The number of nitrogens with one attached hydrogen (secondary N) is 1. The fourth-order valence-electron chi connectivity index (χ4n) is 5.20. The molecular formula is C26H31N7O2. The van der Waals surface area contributed by atoms with Crippen LogP contribution in [0.2, 0.25) is 0 Å². The van der Waals surface area contributed by atoms with Crippen molar-refractivity contribution >= 4 is 28.3 Å². The van der Waals surface area contributed by atoms with Crippen molar-refractivity contribution in [3.8, 4) is 11.4 Å². The van der Waals surface area contributed by atoms with Gasteiger partial charge in [-0.15, -0.1) is 0 Å². The van der Waals surface area contributed by atoms with E-state index in [0.29, 0.717) is 6.04 Å². The van der Waals surface area contributed by atoms with E-state index in [9.17, 15) is 5.11 Å². The van der Waals surface area contributed by atoms with Crippen molar-refractivity contribution in [2.75, 3.05) is 36.6 Å². The molecule has 2 fully saturated rings. The Morgan fingerprint density at radius 2 is 1.89 bits per heavy atom. The van der Waals surface area contributed by atoms with E-state index in [2.05, 4.69) is 35.3 Å². The largest absolute Gasteiger partial charge is 0.394 e. The first-order chi connectivity index (χ1) is 17.1. The molecule has 1 atom stereocenters. The molecule has 0 saturated carbocycles. The van der Waals surface area contributed by atoms with Crippen molar-refractivity contribution in [1.82, 2.24) is 24.6 Å². The van der Waals surface area contributed by atoms with Crippen molar-refractivity contribution < 1.29 is 9.84 Å². The number of hydrogen-bond donors (Lipinski definition) is 2. The number of aromatic nitrogens is 5. The molecule has 9 nitrogen and oxygen atoms in total. The van der Waals surface area contributed by atoms with E-state index in [4.69, 9.17) is 24.8 Å². The van der Waals surface area contributed by atoms with Gasteiger partial charge in [0.2, 0.25) is 0 Å². The number of aliphatic hydroxyl groups excluding tert-OH is 1. The first-order valence-corrected chi connectivity index (χ1v) is 12.5. The maximum absolute atomic E-state index is 9.90. The van der Waals surface area contributed by atoms with E-state index in [1.807, 2.05) is 23.6 Å². The predicted molar refractivity (Wildman–Crippen MR) is 136 cm³/mol. The smallest absolute Gasteiger partial charge is 0.160 e. The highest BCUT2D eigenvalue weighted by molar-refractivity contribution is 5.79. The normalized spacial score (nSPS) is 19.2. The highest BCUT2D eigenvalue weighted by Crippen LogP contribution is 2.30. The number of aliphatic hydroxyl groups is 1. The minimum absolute atomic E-state index is 0.0973. The minimum atomic E-state index is 0.0973. The molecule has 6 rings (SSSR count). The number of hydrogen-bond acceptors (Lipinski definition) is 8. The Balaban J connectivity index is 1.46. The van der Waals surface area contributed by atoms with Crippen LogP contribution in [0.3, 0.4) is 0 Å². The summed E-state index contributed by atoms with van der Waals surface area (Å²) in [6.45, 7) is 6.57. The number of aryl methyl sites for hydroxylation is 2. The van der Waals surface area contributed by atoms with Crippen LogP contribution in [0.1, 0.15) is 36.9 Å².